The highest BCUT2D eigenvalue weighted by atomic mass is 35.5. The van der Waals surface area contributed by atoms with E-state index in [1.54, 1.807) is 54.0 Å². The van der Waals surface area contributed by atoms with E-state index in [0.717, 1.165) is 0 Å². The van der Waals surface area contributed by atoms with E-state index in [-0.39, 0.29) is 13.2 Å². The normalized spacial score (nSPS) is 11.8. The first kappa shape index (κ1) is 22.5. The lowest BCUT2D eigenvalue weighted by molar-refractivity contribution is -0.141. The SMILES string of the molecule is CCOC(=O)c1ccc2c(c1)sc(=NC(=O)/C=C/c1ccccc1Cl)n2CC(=O)OC. The first-order valence-electron chi connectivity index (χ1n) is 9.31. The Bertz CT molecular complexity index is 1240. The van der Waals surface area contributed by atoms with Crippen LogP contribution in [0, 0.1) is 0 Å². The van der Waals surface area contributed by atoms with E-state index < -0.39 is 17.8 Å². The zero-order valence-electron chi connectivity index (χ0n) is 16.8. The van der Waals surface area contributed by atoms with E-state index in [1.165, 1.54) is 24.5 Å². The second-order valence-electron chi connectivity index (χ2n) is 6.25. The Hall–Kier alpha value is -3.23. The molecule has 1 aromatic heterocycles. The summed E-state index contributed by atoms with van der Waals surface area (Å²) in [6.45, 7) is 1.86. The number of amides is 1. The van der Waals surface area contributed by atoms with E-state index in [2.05, 4.69) is 4.99 Å². The third-order valence-electron chi connectivity index (χ3n) is 4.23. The molecule has 0 atom stereocenters. The molecular formula is C22H19ClN2O5S. The Morgan fingerprint density at radius 2 is 1.97 bits per heavy atom. The Kier molecular flexibility index (Phi) is 7.38. The van der Waals surface area contributed by atoms with Gasteiger partial charge in [-0.2, -0.15) is 4.99 Å². The summed E-state index contributed by atoms with van der Waals surface area (Å²) in [6.07, 6.45) is 2.88. The number of carbonyl (C=O) groups is 3. The maximum atomic E-state index is 12.4. The molecular weight excluding hydrogens is 440 g/mol. The lowest BCUT2D eigenvalue weighted by Crippen LogP contribution is -2.22. The van der Waals surface area contributed by atoms with Crippen LogP contribution in [0.25, 0.3) is 16.3 Å². The van der Waals surface area contributed by atoms with Crippen LogP contribution in [0.5, 0.6) is 0 Å². The van der Waals surface area contributed by atoms with Crippen LogP contribution in [-0.2, 0) is 25.6 Å². The van der Waals surface area contributed by atoms with Gasteiger partial charge in [0.15, 0.2) is 4.80 Å². The van der Waals surface area contributed by atoms with Gasteiger partial charge >= 0.3 is 11.9 Å². The van der Waals surface area contributed by atoms with Crippen LogP contribution in [0.4, 0.5) is 0 Å². The van der Waals surface area contributed by atoms with Crippen molar-refractivity contribution in [1.82, 2.24) is 4.57 Å². The zero-order valence-corrected chi connectivity index (χ0v) is 18.4. The number of carbonyl (C=O) groups excluding carboxylic acids is 3. The number of fused-ring (bicyclic) bond motifs is 1. The molecule has 0 spiro atoms. The monoisotopic (exact) mass is 458 g/mol. The minimum absolute atomic E-state index is 0.129. The zero-order chi connectivity index (χ0) is 22.4. The predicted octanol–water partition coefficient (Wildman–Crippen LogP) is 3.85. The average Bonchev–Trinajstić information content (AvgIpc) is 3.09. The van der Waals surface area contributed by atoms with Crippen molar-refractivity contribution in [1.29, 1.82) is 0 Å². The smallest absolute Gasteiger partial charge is 0.338 e. The molecule has 0 N–H and O–H groups in total. The number of ether oxygens (including phenoxy) is 2. The van der Waals surface area contributed by atoms with Crippen molar-refractivity contribution < 1.29 is 23.9 Å². The van der Waals surface area contributed by atoms with Gasteiger partial charge in [-0.25, -0.2) is 4.79 Å². The van der Waals surface area contributed by atoms with Crippen LogP contribution in [0.2, 0.25) is 5.02 Å². The first-order valence-corrected chi connectivity index (χ1v) is 10.5. The third kappa shape index (κ3) is 5.48. The van der Waals surface area contributed by atoms with Gasteiger partial charge in [0, 0.05) is 11.1 Å². The van der Waals surface area contributed by atoms with Gasteiger partial charge in [0.1, 0.15) is 6.54 Å². The number of hydrogen-bond acceptors (Lipinski definition) is 6. The lowest BCUT2D eigenvalue weighted by Gasteiger charge is -2.04. The number of rotatable bonds is 6. The molecule has 0 aliphatic carbocycles. The van der Waals surface area contributed by atoms with Crippen molar-refractivity contribution in [2.45, 2.75) is 13.5 Å². The molecule has 9 heteroatoms. The van der Waals surface area contributed by atoms with Crippen LogP contribution < -0.4 is 4.80 Å². The standard InChI is InChI=1S/C22H19ClN2O5S/c1-3-30-21(28)15-8-10-17-18(12-15)31-22(25(17)13-20(27)29-2)24-19(26)11-9-14-6-4-5-7-16(14)23/h4-12H,3,13H2,1-2H3/b11-9+,24-22?. The molecule has 3 rings (SSSR count). The number of halogens is 1. The highest BCUT2D eigenvalue weighted by molar-refractivity contribution is 7.16. The van der Waals surface area contributed by atoms with E-state index >= 15 is 0 Å². The molecule has 1 heterocycles. The van der Waals surface area contributed by atoms with Gasteiger partial charge in [-0.05, 0) is 42.8 Å². The number of nitrogens with zero attached hydrogens (tertiary/aromatic N) is 2. The van der Waals surface area contributed by atoms with Gasteiger partial charge in [0.05, 0.1) is 29.5 Å². The summed E-state index contributed by atoms with van der Waals surface area (Å²) in [4.78, 5) is 40.8. The fourth-order valence-electron chi connectivity index (χ4n) is 2.75. The van der Waals surface area contributed by atoms with Gasteiger partial charge in [0.2, 0.25) is 0 Å². The number of aromatic nitrogens is 1. The summed E-state index contributed by atoms with van der Waals surface area (Å²) in [5.41, 5.74) is 1.70. The summed E-state index contributed by atoms with van der Waals surface area (Å²) in [6, 6.07) is 12.0. The quantitative estimate of drug-likeness (QED) is 0.413. The minimum atomic E-state index is -0.518. The van der Waals surface area contributed by atoms with Crippen molar-refractivity contribution in [3.8, 4) is 0 Å². The summed E-state index contributed by atoms with van der Waals surface area (Å²) in [5.74, 6) is -1.46. The molecule has 1 amide bonds. The van der Waals surface area contributed by atoms with Crippen LogP contribution in [0.3, 0.4) is 0 Å². The fourth-order valence-corrected chi connectivity index (χ4v) is 4.02. The molecule has 0 unspecified atom stereocenters. The number of esters is 2. The Morgan fingerprint density at radius 1 is 1.19 bits per heavy atom. The number of hydrogen-bond donors (Lipinski definition) is 0. The van der Waals surface area contributed by atoms with Crippen LogP contribution in [0.1, 0.15) is 22.8 Å². The maximum Gasteiger partial charge on any atom is 0.338 e. The van der Waals surface area contributed by atoms with Gasteiger partial charge in [-0.15, -0.1) is 0 Å². The lowest BCUT2D eigenvalue weighted by atomic mass is 10.2. The molecule has 160 valence electrons. The van der Waals surface area contributed by atoms with E-state index in [1.807, 2.05) is 6.07 Å². The van der Waals surface area contributed by atoms with Crippen molar-refractivity contribution >= 4 is 57.1 Å². The Morgan fingerprint density at radius 3 is 2.68 bits per heavy atom. The number of methoxy groups -OCH3 is 1. The Labute approximate surface area is 187 Å². The van der Waals surface area contributed by atoms with E-state index in [0.29, 0.717) is 31.2 Å². The summed E-state index contributed by atoms with van der Waals surface area (Å²) >= 11 is 7.28. The van der Waals surface area contributed by atoms with Gasteiger partial charge < -0.3 is 14.0 Å². The molecule has 0 fully saturated rings. The molecule has 0 saturated heterocycles. The summed E-state index contributed by atoms with van der Waals surface area (Å²) in [5, 5.41) is 0.515. The van der Waals surface area contributed by atoms with Gasteiger partial charge in [-0.3, -0.25) is 9.59 Å². The van der Waals surface area contributed by atoms with E-state index in [9.17, 15) is 14.4 Å². The molecule has 0 radical (unpaired) electrons. The van der Waals surface area contributed by atoms with Gasteiger partial charge in [0.25, 0.3) is 5.91 Å². The van der Waals surface area contributed by atoms with Crippen LogP contribution in [-0.4, -0.2) is 36.1 Å². The minimum Gasteiger partial charge on any atom is -0.468 e. The molecule has 0 saturated carbocycles. The third-order valence-corrected chi connectivity index (χ3v) is 5.61. The topological polar surface area (TPSA) is 87.0 Å². The van der Waals surface area contributed by atoms with Crippen LogP contribution in [0.15, 0.2) is 53.5 Å². The maximum absolute atomic E-state index is 12.4. The molecule has 2 aromatic carbocycles. The Balaban J connectivity index is 2.03. The summed E-state index contributed by atoms with van der Waals surface area (Å²) < 4.78 is 12.0. The average molecular weight is 459 g/mol. The van der Waals surface area contributed by atoms with Crippen LogP contribution >= 0.6 is 22.9 Å². The van der Waals surface area contributed by atoms with Crippen molar-refractivity contribution in [3.05, 3.63) is 69.5 Å². The molecule has 0 aliphatic rings. The molecule has 0 aliphatic heterocycles. The number of benzene rings is 2. The molecule has 31 heavy (non-hydrogen) atoms. The van der Waals surface area contributed by atoms with Crippen molar-refractivity contribution in [2.75, 3.05) is 13.7 Å². The first-order chi connectivity index (χ1) is 14.9. The summed E-state index contributed by atoms with van der Waals surface area (Å²) in [7, 11) is 1.28. The highest BCUT2D eigenvalue weighted by Gasteiger charge is 2.14. The molecule has 0 bridgehead atoms. The van der Waals surface area contributed by atoms with E-state index in [4.69, 9.17) is 21.1 Å². The predicted molar refractivity (Wildman–Crippen MR) is 119 cm³/mol. The largest absolute Gasteiger partial charge is 0.468 e. The number of thiazole rings is 1. The molecule has 3 aromatic rings. The second-order valence-corrected chi connectivity index (χ2v) is 7.67. The van der Waals surface area contributed by atoms with Crippen molar-refractivity contribution in [2.24, 2.45) is 4.99 Å². The highest BCUT2D eigenvalue weighted by Crippen LogP contribution is 2.20. The fraction of sp³-hybridized carbons (Fsp3) is 0.182. The van der Waals surface area contributed by atoms with Crippen molar-refractivity contribution in [3.63, 3.8) is 0 Å². The second kappa shape index (κ2) is 10.2. The van der Waals surface area contributed by atoms with Gasteiger partial charge in [-0.1, -0.05) is 41.1 Å². The molecule has 7 nitrogen and oxygen atoms in total.